The molecule has 4 saturated carbocycles. The number of hydrogen-bond donors (Lipinski definition) is 2. The summed E-state index contributed by atoms with van der Waals surface area (Å²) in [4.78, 5) is 11.9. The number of carbonyl (C=O) groups excluding carboxylic acids is 1. The monoisotopic (exact) mass is 396 g/mol. The van der Waals surface area contributed by atoms with Crippen LogP contribution in [0.4, 0.5) is 5.69 Å². The third-order valence-electron chi connectivity index (χ3n) is 6.39. The van der Waals surface area contributed by atoms with Gasteiger partial charge in [0.25, 0.3) is 0 Å². The normalized spacial score (nSPS) is 32.6. The maximum Gasteiger partial charge on any atom is 0.239 e. The number of carbonyl (C=O) groups is 1. The molecule has 4 bridgehead atoms. The van der Waals surface area contributed by atoms with Crippen molar-refractivity contribution in [2.75, 3.05) is 18.1 Å². The number of hydrogen-bond acceptors (Lipinski definition) is 3. The number of halogens is 1. The smallest absolute Gasteiger partial charge is 0.239 e. The van der Waals surface area contributed by atoms with Crippen LogP contribution in [0.25, 0.3) is 0 Å². The number of nitrogens with one attached hydrogen (secondary N) is 2. The predicted octanol–water partition coefficient (Wildman–Crippen LogP) is 3.30. The SMILES string of the molecule is CS(=O)(=O)NCC(=O)Nc1ccc(C23CC4CC(CC(C4)C2)C3)cc1Cl. The van der Waals surface area contributed by atoms with Crippen LogP contribution in [0.2, 0.25) is 5.02 Å². The van der Waals surface area contributed by atoms with Crippen molar-refractivity contribution in [2.45, 2.75) is 43.9 Å². The second-order valence-corrected chi connectivity index (χ2v) is 10.8. The first-order valence-corrected chi connectivity index (χ1v) is 11.5. The van der Waals surface area contributed by atoms with Crippen molar-refractivity contribution in [2.24, 2.45) is 17.8 Å². The summed E-state index contributed by atoms with van der Waals surface area (Å²) in [5.41, 5.74) is 2.09. The Bertz CT molecular complexity index is 802. The van der Waals surface area contributed by atoms with E-state index in [0.717, 1.165) is 24.0 Å². The first-order chi connectivity index (χ1) is 12.2. The molecular weight excluding hydrogens is 372 g/mol. The van der Waals surface area contributed by atoms with E-state index >= 15 is 0 Å². The predicted molar refractivity (Wildman–Crippen MR) is 103 cm³/mol. The zero-order valence-corrected chi connectivity index (χ0v) is 16.5. The molecule has 0 aliphatic heterocycles. The van der Waals surface area contributed by atoms with Gasteiger partial charge < -0.3 is 5.32 Å². The highest BCUT2D eigenvalue weighted by Crippen LogP contribution is 2.60. The van der Waals surface area contributed by atoms with Gasteiger partial charge in [0, 0.05) is 0 Å². The molecule has 0 aromatic heterocycles. The van der Waals surface area contributed by atoms with Crippen molar-refractivity contribution in [3.8, 4) is 0 Å². The van der Waals surface area contributed by atoms with E-state index in [-0.39, 0.29) is 12.0 Å². The Hall–Kier alpha value is -1.11. The van der Waals surface area contributed by atoms with E-state index in [1.807, 2.05) is 12.1 Å². The molecule has 5 nitrogen and oxygen atoms in total. The Labute approximate surface area is 159 Å². The van der Waals surface area contributed by atoms with Gasteiger partial charge in [0.2, 0.25) is 15.9 Å². The molecule has 0 unspecified atom stereocenters. The fraction of sp³-hybridized carbons (Fsp3) is 0.632. The van der Waals surface area contributed by atoms with Crippen molar-refractivity contribution in [1.29, 1.82) is 0 Å². The number of amides is 1. The Morgan fingerprint density at radius 1 is 1.15 bits per heavy atom. The third kappa shape index (κ3) is 3.64. The molecule has 0 heterocycles. The van der Waals surface area contributed by atoms with Crippen LogP contribution in [-0.2, 0) is 20.2 Å². The largest absolute Gasteiger partial charge is 0.324 e. The van der Waals surface area contributed by atoms with Gasteiger partial charge >= 0.3 is 0 Å². The minimum absolute atomic E-state index is 0.263. The summed E-state index contributed by atoms with van der Waals surface area (Å²) in [7, 11) is -3.40. The van der Waals surface area contributed by atoms with Gasteiger partial charge in [-0.15, -0.1) is 0 Å². The van der Waals surface area contributed by atoms with Crippen LogP contribution in [0, 0.1) is 17.8 Å². The lowest BCUT2D eigenvalue weighted by atomic mass is 9.48. The minimum atomic E-state index is -3.40. The van der Waals surface area contributed by atoms with Crippen LogP contribution in [0.3, 0.4) is 0 Å². The molecule has 1 aromatic rings. The Kier molecular flexibility index (Phi) is 4.56. The molecule has 4 aliphatic rings. The van der Waals surface area contributed by atoms with Crippen molar-refractivity contribution in [3.63, 3.8) is 0 Å². The molecule has 7 heteroatoms. The van der Waals surface area contributed by atoms with Crippen molar-refractivity contribution < 1.29 is 13.2 Å². The number of rotatable bonds is 5. The van der Waals surface area contributed by atoms with Crippen LogP contribution in [0.5, 0.6) is 0 Å². The summed E-state index contributed by atoms with van der Waals surface area (Å²) in [5, 5.41) is 3.21. The van der Waals surface area contributed by atoms with Crippen molar-refractivity contribution in [3.05, 3.63) is 28.8 Å². The van der Waals surface area contributed by atoms with Gasteiger partial charge in [0.1, 0.15) is 0 Å². The van der Waals surface area contributed by atoms with E-state index in [0.29, 0.717) is 10.7 Å². The third-order valence-corrected chi connectivity index (χ3v) is 7.37. The highest BCUT2D eigenvalue weighted by molar-refractivity contribution is 7.88. The quantitative estimate of drug-likeness (QED) is 0.801. The highest BCUT2D eigenvalue weighted by Gasteiger charge is 2.51. The summed E-state index contributed by atoms with van der Waals surface area (Å²) < 4.78 is 24.4. The number of sulfonamides is 1. The molecule has 0 spiro atoms. The standard InChI is InChI=1S/C19H25ClN2O3S/c1-26(24,25)21-11-18(23)22-17-3-2-15(7-16(17)20)19-8-12-4-13(9-19)6-14(5-12)10-19/h2-3,7,12-14,21H,4-6,8-11H2,1H3,(H,22,23). The first kappa shape index (κ1) is 18.3. The summed E-state index contributed by atoms with van der Waals surface area (Å²) in [6.45, 7) is -0.300. The second-order valence-electron chi connectivity index (χ2n) is 8.53. The van der Waals surface area contributed by atoms with Gasteiger partial charge in [-0.3, -0.25) is 4.79 Å². The lowest BCUT2D eigenvalue weighted by Gasteiger charge is -2.57. The zero-order valence-electron chi connectivity index (χ0n) is 14.9. The maximum absolute atomic E-state index is 11.9. The van der Waals surface area contributed by atoms with Gasteiger partial charge in [-0.05, 0) is 79.4 Å². The van der Waals surface area contributed by atoms with E-state index in [2.05, 4.69) is 16.1 Å². The van der Waals surface area contributed by atoms with E-state index < -0.39 is 15.9 Å². The average Bonchev–Trinajstić information content (AvgIpc) is 2.53. The van der Waals surface area contributed by atoms with Crippen molar-refractivity contribution in [1.82, 2.24) is 4.72 Å². The topological polar surface area (TPSA) is 75.3 Å². The molecule has 4 aliphatic carbocycles. The van der Waals surface area contributed by atoms with Gasteiger partial charge in [-0.25, -0.2) is 13.1 Å². The number of anilines is 1. The zero-order chi connectivity index (χ0) is 18.5. The summed E-state index contributed by atoms with van der Waals surface area (Å²) >= 11 is 6.45. The van der Waals surface area contributed by atoms with Gasteiger partial charge in [-0.1, -0.05) is 17.7 Å². The van der Waals surface area contributed by atoms with E-state index in [1.165, 1.54) is 44.1 Å². The molecule has 5 rings (SSSR count). The van der Waals surface area contributed by atoms with E-state index in [4.69, 9.17) is 11.6 Å². The highest BCUT2D eigenvalue weighted by atomic mass is 35.5. The van der Waals surface area contributed by atoms with Crippen LogP contribution in [0.1, 0.15) is 44.1 Å². The maximum atomic E-state index is 11.9. The Morgan fingerprint density at radius 2 is 1.73 bits per heavy atom. The van der Waals surface area contributed by atoms with Crippen LogP contribution < -0.4 is 10.0 Å². The van der Waals surface area contributed by atoms with Crippen LogP contribution >= 0.6 is 11.6 Å². The van der Waals surface area contributed by atoms with Crippen LogP contribution in [0.15, 0.2) is 18.2 Å². The lowest BCUT2D eigenvalue weighted by molar-refractivity contribution is -0.115. The molecule has 26 heavy (non-hydrogen) atoms. The molecule has 1 aromatic carbocycles. The molecule has 0 atom stereocenters. The van der Waals surface area contributed by atoms with Crippen molar-refractivity contribution >= 4 is 33.2 Å². The van der Waals surface area contributed by atoms with Gasteiger partial charge in [-0.2, -0.15) is 0 Å². The fourth-order valence-electron chi connectivity index (χ4n) is 5.80. The summed E-state index contributed by atoms with van der Waals surface area (Å²) in [6.07, 6.45) is 9.00. The summed E-state index contributed by atoms with van der Waals surface area (Å²) in [5.74, 6) is 2.16. The Balaban J connectivity index is 1.49. The summed E-state index contributed by atoms with van der Waals surface area (Å²) in [6, 6.07) is 5.96. The molecule has 1 amide bonds. The second kappa shape index (κ2) is 6.50. The number of benzene rings is 1. The molecule has 2 N–H and O–H groups in total. The molecular formula is C19H25ClN2O3S. The molecule has 0 saturated heterocycles. The van der Waals surface area contributed by atoms with Crippen LogP contribution in [-0.4, -0.2) is 27.1 Å². The molecule has 142 valence electrons. The average molecular weight is 397 g/mol. The van der Waals surface area contributed by atoms with E-state index in [9.17, 15) is 13.2 Å². The Morgan fingerprint density at radius 3 is 2.23 bits per heavy atom. The van der Waals surface area contributed by atoms with Gasteiger partial charge in [0.05, 0.1) is 23.5 Å². The minimum Gasteiger partial charge on any atom is -0.324 e. The first-order valence-electron chi connectivity index (χ1n) is 9.27. The molecule has 4 fully saturated rings. The fourth-order valence-corrected chi connectivity index (χ4v) is 6.42. The van der Waals surface area contributed by atoms with Gasteiger partial charge in [0.15, 0.2) is 0 Å². The van der Waals surface area contributed by atoms with E-state index in [1.54, 1.807) is 0 Å². The lowest BCUT2D eigenvalue weighted by Crippen LogP contribution is -2.48. The molecule has 0 radical (unpaired) electrons.